The van der Waals surface area contributed by atoms with E-state index in [1.807, 2.05) is 43.3 Å². The zero-order valence-electron chi connectivity index (χ0n) is 17.6. The molecule has 31 heavy (non-hydrogen) atoms. The van der Waals surface area contributed by atoms with E-state index in [1.165, 1.54) is 6.33 Å². The zero-order chi connectivity index (χ0) is 21.5. The number of benzene rings is 2. The summed E-state index contributed by atoms with van der Waals surface area (Å²) in [5, 5.41) is 0.785. The number of nitrogens with zero attached hydrogens (tertiary/aromatic N) is 3. The summed E-state index contributed by atoms with van der Waals surface area (Å²) < 4.78 is 24.5. The van der Waals surface area contributed by atoms with E-state index in [0.717, 1.165) is 59.5 Å². The fourth-order valence-corrected chi connectivity index (χ4v) is 3.95. The van der Waals surface area contributed by atoms with Crippen LogP contribution in [0.5, 0.6) is 23.1 Å². The highest BCUT2D eigenvalue weighted by atomic mass is 123. The number of rotatable bonds is 9. The maximum absolute atomic E-state index is 6.12. The quantitative estimate of drug-likeness (QED) is 0.297. The Morgan fingerprint density at radius 3 is 2.71 bits per heavy atom. The van der Waals surface area contributed by atoms with E-state index >= 15 is 0 Å². The Bertz CT molecular complexity index is 1010. The summed E-state index contributed by atoms with van der Waals surface area (Å²) in [5.41, 5.74) is 0.750. The van der Waals surface area contributed by atoms with Gasteiger partial charge in [0.15, 0.2) is 11.5 Å². The van der Waals surface area contributed by atoms with Crippen LogP contribution in [0.3, 0.4) is 0 Å². The Hall–Kier alpha value is -2.17. The monoisotopic (exact) mass is 531 g/mol. The van der Waals surface area contributed by atoms with Crippen molar-refractivity contribution in [3.05, 3.63) is 46.3 Å². The van der Waals surface area contributed by atoms with Gasteiger partial charge in [0.05, 0.1) is 37.3 Å². The molecule has 0 amide bonds. The first-order valence-electron chi connectivity index (χ1n) is 10.5. The lowest BCUT2D eigenvalue weighted by Crippen LogP contribution is -2.37. The van der Waals surface area contributed by atoms with Crippen molar-refractivity contribution in [1.82, 2.24) is 14.9 Å². The van der Waals surface area contributed by atoms with Crippen LogP contribution in [-0.4, -0.2) is 60.9 Å². The van der Waals surface area contributed by atoms with Crippen LogP contribution in [0.15, 0.2) is 42.7 Å². The van der Waals surface area contributed by atoms with Crippen LogP contribution in [0.2, 0.25) is 0 Å². The lowest BCUT2D eigenvalue weighted by atomic mass is 10.2. The molecular weight excluding hydrogens is 505 g/mol. The minimum absolute atomic E-state index is 0.494. The van der Waals surface area contributed by atoms with Gasteiger partial charge in [0.1, 0.15) is 12.1 Å². The molecule has 3 aromatic rings. The second-order valence-electron chi connectivity index (χ2n) is 7.14. The van der Waals surface area contributed by atoms with E-state index in [2.05, 4.69) is 37.5 Å². The average Bonchev–Trinajstić information content (AvgIpc) is 2.78. The van der Waals surface area contributed by atoms with Gasteiger partial charge in [-0.25, -0.2) is 9.97 Å². The summed E-state index contributed by atoms with van der Waals surface area (Å²) in [5.74, 6) is 2.58. The van der Waals surface area contributed by atoms with E-state index in [4.69, 9.17) is 18.9 Å². The second kappa shape index (κ2) is 10.9. The third kappa shape index (κ3) is 5.96. The van der Waals surface area contributed by atoms with Gasteiger partial charge in [-0.2, -0.15) is 0 Å². The third-order valence-electron chi connectivity index (χ3n) is 4.95. The first-order chi connectivity index (χ1) is 15.2. The molecule has 2 heterocycles. The lowest BCUT2D eigenvalue weighted by molar-refractivity contribution is 0.0357. The van der Waals surface area contributed by atoms with Gasteiger partial charge in [-0.05, 0) is 60.2 Å². The van der Waals surface area contributed by atoms with Crippen molar-refractivity contribution < 1.29 is 18.9 Å². The molecule has 2 aromatic carbocycles. The van der Waals surface area contributed by atoms with E-state index in [0.29, 0.717) is 30.6 Å². The first kappa shape index (κ1) is 22.0. The minimum atomic E-state index is 0.494. The van der Waals surface area contributed by atoms with Crippen LogP contribution in [0.1, 0.15) is 13.3 Å². The summed E-state index contributed by atoms with van der Waals surface area (Å²) in [7, 11) is 0. The maximum atomic E-state index is 6.12. The smallest absolute Gasteiger partial charge is 0.230 e. The molecule has 0 spiro atoms. The molecule has 0 aliphatic carbocycles. The van der Waals surface area contributed by atoms with Gasteiger partial charge in [-0.1, -0.05) is 6.07 Å². The number of morpholine rings is 1. The molecule has 0 N–H and O–H groups in total. The van der Waals surface area contributed by atoms with Gasteiger partial charge in [0, 0.05) is 29.3 Å². The molecule has 164 valence electrons. The summed E-state index contributed by atoms with van der Waals surface area (Å²) in [6, 6.07) is 11.6. The standard InChI is InChI=1S/C23H26IN3O4/c1-2-29-22-15-20-19(14-21(22)30-10-4-7-27-8-11-28-12-9-27)23(26-16-25-20)31-18-6-3-5-17(24)13-18/h3,5-6,13-16H,2,4,7-12H2,1H3/i24-4. The van der Waals surface area contributed by atoms with Crippen LogP contribution in [-0.2, 0) is 4.74 Å². The summed E-state index contributed by atoms with van der Waals surface area (Å²) in [4.78, 5) is 11.2. The van der Waals surface area contributed by atoms with Crippen molar-refractivity contribution in [3.63, 3.8) is 0 Å². The van der Waals surface area contributed by atoms with Gasteiger partial charge >= 0.3 is 0 Å². The van der Waals surface area contributed by atoms with Crippen molar-refractivity contribution in [1.29, 1.82) is 0 Å². The van der Waals surface area contributed by atoms with Crippen molar-refractivity contribution >= 4 is 33.5 Å². The first-order valence-corrected chi connectivity index (χ1v) is 11.6. The molecule has 1 aliphatic rings. The van der Waals surface area contributed by atoms with E-state index in [1.54, 1.807) is 0 Å². The Morgan fingerprint density at radius 2 is 1.90 bits per heavy atom. The third-order valence-corrected chi connectivity index (χ3v) is 5.63. The van der Waals surface area contributed by atoms with Crippen LogP contribution < -0.4 is 14.2 Å². The Morgan fingerprint density at radius 1 is 1.06 bits per heavy atom. The minimum Gasteiger partial charge on any atom is -0.490 e. The van der Waals surface area contributed by atoms with Crippen LogP contribution in [0.25, 0.3) is 10.9 Å². The van der Waals surface area contributed by atoms with Crippen molar-refractivity contribution in [2.75, 3.05) is 46.1 Å². The molecule has 7 nitrogen and oxygen atoms in total. The van der Waals surface area contributed by atoms with Gasteiger partial charge in [-0.3, -0.25) is 4.90 Å². The van der Waals surface area contributed by atoms with Crippen molar-refractivity contribution in [2.24, 2.45) is 0 Å². The zero-order valence-corrected chi connectivity index (χ0v) is 19.7. The lowest BCUT2D eigenvalue weighted by Gasteiger charge is -2.26. The van der Waals surface area contributed by atoms with Crippen molar-refractivity contribution in [2.45, 2.75) is 13.3 Å². The number of halogens is 1. The Balaban J connectivity index is 1.52. The highest BCUT2D eigenvalue weighted by Crippen LogP contribution is 2.36. The summed E-state index contributed by atoms with van der Waals surface area (Å²) in [6.07, 6.45) is 2.44. The number of hydrogen-bond donors (Lipinski definition) is 0. The highest BCUT2D eigenvalue weighted by molar-refractivity contribution is 14.1. The molecular formula is C23H26IN3O4. The molecule has 1 saturated heterocycles. The fraction of sp³-hybridized carbons (Fsp3) is 0.391. The second-order valence-corrected chi connectivity index (χ2v) is 8.39. The number of fused-ring (bicyclic) bond motifs is 1. The normalized spacial score (nSPS) is 14.5. The van der Waals surface area contributed by atoms with Crippen molar-refractivity contribution in [3.8, 4) is 23.1 Å². The van der Waals surface area contributed by atoms with Crippen LogP contribution in [0.4, 0.5) is 0 Å². The molecule has 1 aliphatic heterocycles. The van der Waals surface area contributed by atoms with Gasteiger partial charge in [-0.15, -0.1) is 0 Å². The molecule has 8 heteroatoms. The molecule has 4 rings (SSSR count). The molecule has 0 unspecified atom stereocenters. The SMILES string of the molecule is CCOc1cc2ncnc(Oc3cccc([123I])c3)c2cc1OCCCN1CCOCC1. The molecule has 1 fully saturated rings. The summed E-state index contributed by atoms with van der Waals surface area (Å²) in [6.45, 7) is 7.68. The predicted molar refractivity (Wildman–Crippen MR) is 127 cm³/mol. The largest absolute Gasteiger partial charge is 0.490 e. The van der Waals surface area contributed by atoms with Crippen LogP contribution in [0, 0.1) is 3.57 Å². The molecule has 0 bridgehead atoms. The van der Waals surface area contributed by atoms with Gasteiger partial charge in [0.2, 0.25) is 5.88 Å². The van der Waals surface area contributed by atoms with Crippen LogP contribution >= 0.6 is 22.6 Å². The molecule has 0 saturated carbocycles. The van der Waals surface area contributed by atoms with E-state index < -0.39 is 0 Å². The van der Waals surface area contributed by atoms with E-state index in [9.17, 15) is 0 Å². The molecule has 0 atom stereocenters. The fourth-order valence-electron chi connectivity index (χ4n) is 3.44. The topological polar surface area (TPSA) is 65.9 Å². The summed E-state index contributed by atoms with van der Waals surface area (Å²) >= 11 is 2.26. The highest BCUT2D eigenvalue weighted by Gasteiger charge is 2.14. The molecule has 1 aromatic heterocycles. The number of aromatic nitrogens is 2. The average molecular weight is 531 g/mol. The van der Waals surface area contributed by atoms with E-state index in [-0.39, 0.29) is 0 Å². The van der Waals surface area contributed by atoms with Gasteiger partial charge < -0.3 is 18.9 Å². The Kier molecular flexibility index (Phi) is 7.76. The predicted octanol–water partition coefficient (Wildman–Crippen LogP) is 4.53. The maximum Gasteiger partial charge on any atom is 0.230 e. The number of hydrogen-bond acceptors (Lipinski definition) is 7. The Labute approximate surface area is 195 Å². The molecule has 0 radical (unpaired) electrons. The van der Waals surface area contributed by atoms with Gasteiger partial charge in [0.25, 0.3) is 0 Å². The number of ether oxygens (including phenoxy) is 4.